The number of benzene rings is 1. The number of hydrogen-bond acceptors (Lipinski definition) is 4. The van der Waals surface area contributed by atoms with Crippen LogP contribution in [0.25, 0.3) is 5.82 Å². The topological polar surface area (TPSA) is 88.9 Å². The van der Waals surface area contributed by atoms with Crippen LogP contribution in [0.1, 0.15) is 26.4 Å². The van der Waals surface area contributed by atoms with E-state index in [4.69, 9.17) is 34.8 Å². The van der Waals surface area contributed by atoms with Crippen molar-refractivity contribution < 1.29 is 9.59 Å². The first-order valence-corrected chi connectivity index (χ1v) is 9.15. The Morgan fingerprint density at radius 3 is 2.54 bits per heavy atom. The van der Waals surface area contributed by atoms with E-state index >= 15 is 0 Å². The maximum absolute atomic E-state index is 13.0. The molecule has 0 aliphatic heterocycles. The average molecular weight is 439 g/mol. The zero-order valence-electron chi connectivity index (χ0n) is 14.8. The second-order valence-corrected chi connectivity index (χ2v) is 6.98. The van der Waals surface area contributed by atoms with Crippen molar-refractivity contribution in [2.24, 2.45) is 0 Å². The molecule has 0 fully saturated rings. The van der Waals surface area contributed by atoms with Gasteiger partial charge < -0.3 is 10.6 Å². The highest BCUT2D eigenvalue weighted by Crippen LogP contribution is 2.27. The molecule has 2 amide bonds. The molecule has 0 saturated heterocycles. The Hall–Kier alpha value is -2.61. The van der Waals surface area contributed by atoms with E-state index in [0.717, 1.165) is 0 Å². The number of nitrogens with one attached hydrogen (secondary N) is 2. The molecule has 0 spiro atoms. The van der Waals surface area contributed by atoms with Gasteiger partial charge in [0, 0.05) is 24.3 Å². The quantitative estimate of drug-likeness (QED) is 0.640. The fourth-order valence-electron chi connectivity index (χ4n) is 2.61. The predicted molar refractivity (Wildman–Crippen MR) is 109 cm³/mol. The lowest BCUT2D eigenvalue weighted by molar-refractivity contribution is 0.0964. The van der Waals surface area contributed by atoms with Gasteiger partial charge in [0.05, 0.1) is 16.3 Å². The SMILES string of the molecule is CNC(=O)c1cc(Cl)cc(C)c1NC(=O)c1cc(Cl)nn1-c1ncccc1Cl. The summed E-state index contributed by atoms with van der Waals surface area (Å²) in [5.41, 5.74) is 1.27. The van der Waals surface area contributed by atoms with Crippen LogP contribution in [-0.4, -0.2) is 33.6 Å². The summed E-state index contributed by atoms with van der Waals surface area (Å²) in [6, 6.07) is 7.77. The molecule has 0 aliphatic rings. The molecule has 0 atom stereocenters. The van der Waals surface area contributed by atoms with Gasteiger partial charge in [-0.25, -0.2) is 9.67 Å². The number of aryl methyl sites for hydroxylation is 1. The molecule has 2 heterocycles. The molecule has 7 nitrogen and oxygen atoms in total. The molecule has 0 radical (unpaired) electrons. The van der Waals surface area contributed by atoms with E-state index in [0.29, 0.717) is 21.3 Å². The molecule has 2 N–H and O–H groups in total. The summed E-state index contributed by atoms with van der Waals surface area (Å²) in [4.78, 5) is 29.3. The van der Waals surface area contributed by atoms with E-state index < -0.39 is 5.91 Å². The van der Waals surface area contributed by atoms with Gasteiger partial charge in [0.15, 0.2) is 11.0 Å². The summed E-state index contributed by atoms with van der Waals surface area (Å²) in [6.07, 6.45) is 1.52. The molecule has 0 bridgehead atoms. The zero-order chi connectivity index (χ0) is 20.4. The minimum atomic E-state index is -0.545. The Morgan fingerprint density at radius 2 is 1.86 bits per heavy atom. The van der Waals surface area contributed by atoms with Crippen LogP contribution in [0.5, 0.6) is 0 Å². The van der Waals surface area contributed by atoms with Gasteiger partial charge in [-0.05, 0) is 36.8 Å². The van der Waals surface area contributed by atoms with Crippen LogP contribution in [-0.2, 0) is 0 Å². The minimum Gasteiger partial charge on any atom is -0.355 e. The van der Waals surface area contributed by atoms with Gasteiger partial charge >= 0.3 is 0 Å². The van der Waals surface area contributed by atoms with Gasteiger partial charge in [-0.3, -0.25) is 9.59 Å². The van der Waals surface area contributed by atoms with Crippen LogP contribution in [0.15, 0.2) is 36.5 Å². The van der Waals surface area contributed by atoms with Gasteiger partial charge in [0.2, 0.25) is 0 Å². The molecule has 10 heteroatoms. The molecule has 144 valence electrons. The van der Waals surface area contributed by atoms with Crippen molar-refractivity contribution in [1.29, 1.82) is 0 Å². The average Bonchev–Trinajstić information content (AvgIpc) is 3.05. The molecule has 3 rings (SSSR count). The summed E-state index contributed by atoms with van der Waals surface area (Å²) >= 11 is 18.2. The number of halogens is 3. The molecule has 2 aromatic heterocycles. The van der Waals surface area contributed by atoms with Crippen LogP contribution in [0, 0.1) is 6.92 Å². The van der Waals surface area contributed by atoms with Gasteiger partial charge in [0.1, 0.15) is 5.69 Å². The summed E-state index contributed by atoms with van der Waals surface area (Å²) in [6.45, 7) is 1.73. The molecule has 1 aromatic carbocycles. The second kappa shape index (κ2) is 8.18. The Kier molecular flexibility index (Phi) is 5.88. The molecular formula is C18H14Cl3N5O2. The third-order valence-electron chi connectivity index (χ3n) is 3.86. The lowest BCUT2D eigenvalue weighted by Gasteiger charge is -2.14. The monoisotopic (exact) mass is 437 g/mol. The molecule has 0 saturated carbocycles. The molecular weight excluding hydrogens is 425 g/mol. The van der Waals surface area contributed by atoms with E-state index in [1.165, 1.54) is 30.1 Å². The predicted octanol–water partition coefficient (Wildman–Crippen LogP) is 4.15. The lowest BCUT2D eigenvalue weighted by atomic mass is 10.1. The van der Waals surface area contributed by atoms with E-state index in [1.807, 2.05) is 0 Å². The highest BCUT2D eigenvalue weighted by atomic mass is 35.5. The Bertz CT molecular complexity index is 1080. The number of nitrogens with zero attached hydrogens (tertiary/aromatic N) is 3. The Morgan fingerprint density at radius 1 is 1.11 bits per heavy atom. The molecule has 0 aliphatic carbocycles. The van der Waals surface area contributed by atoms with Gasteiger partial charge in [0.25, 0.3) is 11.8 Å². The van der Waals surface area contributed by atoms with Gasteiger partial charge in [-0.15, -0.1) is 0 Å². The maximum atomic E-state index is 13.0. The van der Waals surface area contributed by atoms with Crippen LogP contribution >= 0.6 is 34.8 Å². The third-order valence-corrected chi connectivity index (χ3v) is 4.56. The summed E-state index contributed by atoms with van der Waals surface area (Å²) in [5.74, 6) is -0.683. The number of carbonyl (C=O) groups excluding carboxylic acids is 2. The van der Waals surface area contributed by atoms with Crippen LogP contribution < -0.4 is 10.6 Å². The normalized spacial score (nSPS) is 10.6. The first kappa shape index (κ1) is 20.1. The number of carbonyl (C=O) groups is 2. The van der Waals surface area contributed by atoms with Crippen molar-refractivity contribution in [3.63, 3.8) is 0 Å². The summed E-state index contributed by atoms with van der Waals surface area (Å²) in [5, 5.41) is 10.1. The highest BCUT2D eigenvalue weighted by Gasteiger charge is 2.22. The zero-order valence-corrected chi connectivity index (χ0v) is 17.0. The van der Waals surface area contributed by atoms with Crippen molar-refractivity contribution >= 4 is 52.3 Å². The first-order chi connectivity index (χ1) is 13.3. The lowest BCUT2D eigenvalue weighted by Crippen LogP contribution is -2.23. The second-order valence-electron chi connectivity index (χ2n) is 5.75. The number of amides is 2. The number of rotatable bonds is 4. The largest absolute Gasteiger partial charge is 0.355 e. The van der Waals surface area contributed by atoms with Crippen molar-refractivity contribution in [2.45, 2.75) is 6.92 Å². The number of hydrogen-bond donors (Lipinski definition) is 2. The van der Waals surface area contributed by atoms with Crippen molar-refractivity contribution in [3.05, 3.63) is 68.5 Å². The van der Waals surface area contributed by atoms with Gasteiger partial charge in [-0.2, -0.15) is 5.10 Å². The van der Waals surface area contributed by atoms with E-state index in [9.17, 15) is 9.59 Å². The highest BCUT2D eigenvalue weighted by molar-refractivity contribution is 6.32. The number of pyridine rings is 1. The first-order valence-electron chi connectivity index (χ1n) is 8.02. The van der Waals surface area contributed by atoms with Crippen molar-refractivity contribution in [2.75, 3.05) is 12.4 Å². The number of aromatic nitrogens is 3. The van der Waals surface area contributed by atoms with Crippen LogP contribution in [0.2, 0.25) is 15.2 Å². The minimum absolute atomic E-state index is 0.0891. The number of anilines is 1. The molecule has 0 unspecified atom stereocenters. The van der Waals surface area contributed by atoms with Crippen molar-refractivity contribution in [1.82, 2.24) is 20.1 Å². The smallest absolute Gasteiger partial charge is 0.274 e. The van der Waals surface area contributed by atoms with E-state index in [2.05, 4.69) is 20.7 Å². The Balaban J connectivity index is 2.05. The van der Waals surface area contributed by atoms with E-state index in [-0.39, 0.29) is 28.1 Å². The summed E-state index contributed by atoms with van der Waals surface area (Å²) in [7, 11) is 1.49. The molecule has 28 heavy (non-hydrogen) atoms. The fraction of sp³-hybridized carbons (Fsp3) is 0.111. The van der Waals surface area contributed by atoms with E-state index in [1.54, 1.807) is 25.1 Å². The van der Waals surface area contributed by atoms with Crippen LogP contribution in [0.3, 0.4) is 0 Å². The van der Waals surface area contributed by atoms with Crippen molar-refractivity contribution in [3.8, 4) is 5.82 Å². The maximum Gasteiger partial charge on any atom is 0.274 e. The summed E-state index contributed by atoms with van der Waals surface area (Å²) < 4.78 is 1.24. The fourth-order valence-corrected chi connectivity index (χ4v) is 3.26. The van der Waals surface area contributed by atoms with Crippen LogP contribution in [0.4, 0.5) is 5.69 Å². The standard InChI is InChI=1S/C18H14Cl3N5O2/c1-9-6-10(19)7-11(17(27)22-2)15(9)24-18(28)13-8-14(21)25-26(13)16-12(20)4-3-5-23-16/h3-8H,1-2H3,(H,22,27)(H,24,28). The third kappa shape index (κ3) is 3.96. The molecule has 3 aromatic rings. The van der Waals surface area contributed by atoms with Gasteiger partial charge in [-0.1, -0.05) is 34.8 Å². The Labute approximate surface area is 175 Å².